The molecule has 1 heterocycles. The van der Waals surface area contributed by atoms with Gasteiger partial charge in [0.25, 0.3) is 0 Å². The Hall–Kier alpha value is -1.13. The first kappa shape index (κ1) is 14.3. The molecular weight excluding hydrogens is 243 g/mol. The van der Waals surface area contributed by atoms with Crippen LogP contribution in [0.1, 0.15) is 26.3 Å². The summed E-state index contributed by atoms with van der Waals surface area (Å²) in [6.45, 7) is 9.38. The lowest BCUT2D eigenvalue weighted by molar-refractivity contribution is -0.00523. The Morgan fingerprint density at radius 3 is 2.58 bits per heavy atom. The molecule has 1 fully saturated rings. The van der Waals surface area contributed by atoms with Crippen molar-refractivity contribution in [2.24, 2.45) is 0 Å². The fourth-order valence-electron chi connectivity index (χ4n) is 2.58. The van der Waals surface area contributed by atoms with Gasteiger partial charge in [-0.3, -0.25) is 0 Å². The number of anilines is 1. The van der Waals surface area contributed by atoms with Gasteiger partial charge < -0.3 is 15.0 Å². The monoisotopic (exact) mass is 266 g/mol. The molecule has 2 rings (SSSR count). The Kier molecular flexibility index (Phi) is 4.77. The zero-order valence-corrected chi connectivity index (χ0v) is 11.9. The molecule has 3 nitrogen and oxygen atoms in total. The van der Waals surface area contributed by atoms with Crippen molar-refractivity contribution in [1.29, 1.82) is 0 Å². The number of rotatable bonds is 4. The number of nitrogens with zero attached hydrogens (tertiary/aromatic N) is 1. The molecule has 19 heavy (non-hydrogen) atoms. The third-order valence-corrected chi connectivity index (χ3v) is 3.31. The lowest BCUT2D eigenvalue weighted by Crippen LogP contribution is -2.45. The minimum absolute atomic E-state index is 0.169. The highest BCUT2D eigenvalue weighted by Crippen LogP contribution is 2.23. The van der Waals surface area contributed by atoms with E-state index >= 15 is 0 Å². The quantitative estimate of drug-likeness (QED) is 0.906. The summed E-state index contributed by atoms with van der Waals surface area (Å²) < 4.78 is 19.4. The highest BCUT2D eigenvalue weighted by atomic mass is 19.1. The zero-order valence-electron chi connectivity index (χ0n) is 11.9. The third kappa shape index (κ3) is 3.91. The average Bonchev–Trinajstić information content (AvgIpc) is 2.34. The van der Waals surface area contributed by atoms with Gasteiger partial charge in [0.2, 0.25) is 0 Å². The van der Waals surface area contributed by atoms with Crippen LogP contribution in [0.4, 0.5) is 10.1 Å². The van der Waals surface area contributed by atoms with E-state index in [1.165, 1.54) is 0 Å². The van der Waals surface area contributed by atoms with Crippen LogP contribution in [0.5, 0.6) is 0 Å². The highest BCUT2D eigenvalue weighted by molar-refractivity contribution is 5.49. The van der Waals surface area contributed by atoms with Gasteiger partial charge in [-0.2, -0.15) is 0 Å². The lowest BCUT2D eigenvalue weighted by atomic mass is 10.1. The molecule has 1 aliphatic heterocycles. The van der Waals surface area contributed by atoms with E-state index in [9.17, 15) is 4.39 Å². The molecule has 106 valence electrons. The van der Waals surface area contributed by atoms with E-state index in [-0.39, 0.29) is 18.0 Å². The van der Waals surface area contributed by atoms with Crippen LogP contribution < -0.4 is 10.2 Å². The summed E-state index contributed by atoms with van der Waals surface area (Å²) in [6.07, 6.45) is 0.369. The molecule has 0 spiro atoms. The van der Waals surface area contributed by atoms with Crippen molar-refractivity contribution >= 4 is 5.69 Å². The van der Waals surface area contributed by atoms with Crippen LogP contribution in [0.15, 0.2) is 18.2 Å². The Labute approximate surface area is 114 Å². The first-order valence-corrected chi connectivity index (χ1v) is 6.99. The molecule has 2 unspecified atom stereocenters. The first-order chi connectivity index (χ1) is 9.08. The summed E-state index contributed by atoms with van der Waals surface area (Å²) in [4.78, 5) is 2.21. The molecular formula is C15H23FN2O. The first-order valence-electron chi connectivity index (χ1n) is 6.99. The van der Waals surface area contributed by atoms with E-state index < -0.39 is 0 Å². The van der Waals surface area contributed by atoms with E-state index in [1.54, 1.807) is 12.1 Å². The van der Waals surface area contributed by atoms with Crippen LogP contribution in [0.2, 0.25) is 0 Å². The summed E-state index contributed by atoms with van der Waals surface area (Å²) in [5.41, 5.74) is 1.94. The van der Waals surface area contributed by atoms with Crippen LogP contribution in [-0.4, -0.2) is 31.8 Å². The smallest absolute Gasteiger partial charge is 0.125 e. The second-order valence-corrected chi connectivity index (χ2v) is 5.26. The summed E-state index contributed by atoms with van der Waals surface area (Å²) >= 11 is 0. The van der Waals surface area contributed by atoms with Gasteiger partial charge in [-0.25, -0.2) is 4.39 Å². The topological polar surface area (TPSA) is 24.5 Å². The minimum Gasteiger partial charge on any atom is -0.372 e. The highest BCUT2D eigenvalue weighted by Gasteiger charge is 2.22. The van der Waals surface area contributed by atoms with Crippen molar-refractivity contribution < 1.29 is 9.13 Å². The van der Waals surface area contributed by atoms with E-state index in [1.807, 2.05) is 6.92 Å². The maximum absolute atomic E-state index is 13.7. The summed E-state index contributed by atoms with van der Waals surface area (Å²) in [5, 5.41) is 3.23. The van der Waals surface area contributed by atoms with Crippen LogP contribution in [0.25, 0.3) is 0 Å². The molecule has 0 bridgehead atoms. The van der Waals surface area contributed by atoms with E-state index in [2.05, 4.69) is 30.1 Å². The summed E-state index contributed by atoms with van der Waals surface area (Å²) in [6, 6.07) is 5.27. The van der Waals surface area contributed by atoms with Crippen LogP contribution in [-0.2, 0) is 11.3 Å². The number of ether oxygens (including phenoxy) is 1. The Balaban J connectivity index is 2.16. The number of nitrogens with one attached hydrogen (secondary N) is 1. The summed E-state index contributed by atoms with van der Waals surface area (Å²) in [5.74, 6) is -0.169. The Morgan fingerprint density at radius 2 is 1.95 bits per heavy atom. The molecule has 0 radical (unpaired) electrons. The molecule has 0 aliphatic carbocycles. The van der Waals surface area contributed by atoms with Crippen LogP contribution in [0, 0.1) is 5.82 Å². The summed E-state index contributed by atoms with van der Waals surface area (Å²) in [7, 11) is 0. The second-order valence-electron chi connectivity index (χ2n) is 5.26. The predicted octanol–water partition coefficient (Wildman–Crippen LogP) is 2.55. The molecule has 2 atom stereocenters. The number of morpholine rings is 1. The van der Waals surface area contributed by atoms with Crippen molar-refractivity contribution in [2.45, 2.75) is 39.5 Å². The standard InChI is InChI=1S/C15H23FN2O/c1-4-17-8-13-5-14(16)7-15(6-13)18-9-11(2)19-12(3)10-18/h5-7,11-12,17H,4,8-10H2,1-3H3. The van der Waals surface area contributed by atoms with Crippen molar-refractivity contribution in [2.75, 3.05) is 24.5 Å². The molecule has 1 N–H and O–H groups in total. The number of hydrogen-bond acceptors (Lipinski definition) is 3. The second kappa shape index (κ2) is 6.35. The van der Waals surface area contributed by atoms with Gasteiger partial charge in [0.1, 0.15) is 5.82 Å². The minimum atomic E-state index is -0.169. The van der Waals surface area contributed by atoms with Crippen molar-refractivity contribution in [3.05, 3.63) is 29.6 Å². The normalized spacial score (nSPS) is 23.7. The third-order valence-electron chi connectivity index (χ3n) is 3.31. The SMILES string of the molecule is CCNCc1cc(F)cc(N2CC(C)OC(C)C2)c1. The maximum Gasteiger partial charge on any atom is 0.125 e. The van der Waals surface area contributed by atoms with E-state index in [0.29, 0.717) is 6.54 Å². The van der Waals surface area contributed by atoms with E-state index in [0.717, 1.165) is 30.9 Å². The van der Waals surface area contributed by atoms with Gasteiger partial charge in [-0.15, -0.1) is 0 Å². The van der Waals surface area contributed by atoms with E-state index in [4.69, 9.17) is 4.74 Å². The largest absolute Gasteiger partial charge is 0.372 e. The Bertz CT molecular complexity index is 415. The fourth-order valence-corrected chi connectivity index (χ4v) is 2.58. The van der Waals surface area contributed by atoms with Crippen LogP contribution in [0.3, 0.4) is 0 Å². The van der Waals surface area contributed by atoms with Crippen molar-refractivity contribution in [3.63, 3.8) is 0 Å². The van der Waals surface area contributed by atoms with Crippen LogP contribution >= 0.6 is 0 Å². The molecule has 0 aromatic heterocycles. The predicted molar refractivity (Wildman–Crippen MR) is 76.0 cm³/mol. The molecule has 0 saturated carbocycles. The number of benzene rings is 1. The van der Waals surface area contributed by atoms with Crippen molar-refractivity contribution in [1.82, 2.24) is 5.32 Å². The van der Waals surface area contributed by atoms with Crippen molar-refractivity contribution in [3.8, 4) is 0 Å². The number of hydrogen-bond donors (Lipinski definition) is 1. The Morgan fingerprint density at radius 1 is 1.26 bits per heavy atom. The van der Waals surface area contributed by atoms with Gasteiger partial charge >= 0.3 is 0 Å². The zero-order chi connectivity index (χ0) is 13.8. The van der Waals surface area contributed by atoms with Gasteiger partial charge in [0.15, 0.2) is 0 Å². The van der Waals surface area contributed by atoms with Gasteiger partial charge in [-0.1, -0.05) is 6.92 Å². The number of halogens is 1. The molecule has 1 aromatic carbocycles. The molecule has 4 heteroatoms. The molecule has 1 aliphatic rings. The molecule has 1 aromatic rings. The average molecular weight is 266 g/mol. The molecule has 0 amide bonds. The van der Waals surface area contributed by atoms with Gasteiger partial charge in [-0.05, 0) is 44.2 Å². The van der Waals surface area contributed by atoms with Gasteiger partial charge in [0.05, 0.1) is 12.2 Å². The maximum atomic E-state index is 13.7. The lowest BCUT2D eigenvalue weighted by Gasteiger charge is -2.37. The van der Waals surface area contributed by atoms with Gasteiger partial charge in [0, 0.05) is 25.3 Å². The molecule has 1 saturated heterocycles. The fraction of sp³-hybridized carbons (Fsp3) is 0.600.